The summed E-state index contributed by atoms with van der Waals surface area (Å²) in [6, 6.07) is 3.89. The van der Waals surface area contributed by atoms with Gasteiger partial charge in [0, 0.05) is 32.7 Å². The van der Waals surface area contributed by atoms with Gasteiger partial charge in [0.2, 0.25) is 5.75 Å². The fraction of sp³-hybridized carbons (Fsp3) is 0.526. The Morgan fingerprint density at radius 2 is 1.88 bits per heavy atom. The normalized spacial score (nSPS) is 10.6. The van der Waals surface area contributed by atoms with Crippen molar-refractivity contribution in [1.29, 1.82) is 0 Å². The van der Waals surface area contributed by atoms with Crippen LogP contribution in [0.25, 0.3) is 0 Å². The van der Waals surface area contributed by atoms with Crippen molar-refractivity contribution in [1.82, 2.24) is 10.2 Å². The Labute approximate surface area is 174 Å². The number of aliphatic imine (C=N–C) groups is 1. The topological polar surface area (TPSA) is 55.3 Å². The van der Waals surface area contributed by atoms with Crippen molar-refractivity contribution < 1.29 is 14.2 Å². The molecular formula is C19H32IN3O3. The lowest BCUT2D eigenvalue weighted by Gasteiger charge is -2.22. The molecule has 0 aromatic heterocycles. The Balaban J connectivity index is 0.00000625. The molecule has 0 aliphatic rings. The molecule has 1 aromatic carbocycles. The quantitative estimate of drug-likeness (QED) is 0.184. The summed E-state index contributed by atoms with van der Waals surface area (Å²) < 4.78 is 16.3. The van der Waals surface area contributed by atoms with E-state index < -0.39 is 0 Å². The number of guanidine groups is 1. The molecule has 6 nitrogen and oxygen atoms in total. The highest BCUT2D eigenvalue weighted by atomic mass is 127. The largest absolute Gasteiger partial charge is 0.493 e. The molecule has 148 valence electrons. The van der Waals surface area contributed by atoms with Gasteiger partial charge in [0.1, 0.15) is 0 Å². The predicted octanol–water partition coefficient (Wildman–Crippen LogP) is 3.35. The van der Waals surface area contributed by atoms with Crippen LogP contribution in [0.3, 0.4) is 0 Å². The number of rotatable bonds is 10. The Morgan fingerprint density at radius 1 is 1.19 bits per heavy atom. The number of nitrogens with one attached hydrogen (secondary N) is 1. The van der Waals surface area contributed by atoms with Crippen LogP contribution in [-0.2, 0) is 6.42 Å². The molecule has 26 heavy (non-hydrogen) atoms. The van der Waals surface area contributed by atoms with Gasteiger partial charge in [-0.25, -0.2) is 0 Å². The second kappa shape index (κ2) is 13.5. The summed E-state index contributed by atoms with van der Waals surface area (Å²) in [5.41, 5.74) is 1.05. The summed E-state index contributed by atoms with van der Waals surface area (Å²) in [6.45, 7) is 5.43. The summed E-state index contributed by atoms with van der Waals surface area (Å²) >= 11 is 0. The summed E-state index contributed by atoms with van der Waals surface area (Å²) in [7, 11) is 8.70. The lowest BCUT2D eigenvalue weighted by atomic mass is 10.1. The van der Waals surface area contributed by atoms with E-state index in [9.17, 15) is 0 Å². The predicted molar refractivity (Wildman–Crippen MR) is 119 cm³/mol. The van der Waals surface area contributed by atoms with Gasteiger partial charge in [0.25, 0.3) is 0 Å². The van der Waals surface area contributed by atoms with Gasteiger partial charge in [-0.05, 0) is 25.3 Å². The summed E-state index contributed by atoms with van der Waals surface area (Å²) in [5, 5.41) is 3.38. The van der Waals surface area contributed by atoms with Crippen LogP contribution in [0.4, 0.5) is 0 Å². The van der Waals surface area contributed by atoms with Gasteiger partial charge >= 0.3 is 0 Å². The highest BCUT2D eigenvalue weighted by Crippen LogP contribution is 2.39. The third-order valence-electron chi connectivity index (χ3n) is 3.94. The van der Waals surface area contributed by atoms with Crippen LogP contribution in [-0.4, -0.2) is 59.4 Å². The van der Waals surface area contributed by atoms with Gasteiger partial charge in [-0.1, -0.05) is 12.1 Å². The number of unbranched alkanes of at least 4 members (excludes halogenated alkanes) is 1. The smallest absolute Gasteiger partial charge is 0.203 e. The van der Waals surface area contributed by atoms with Crippen molar-refractivity contribution in [3.63, 3.8) is 0 Å². The Kier molecular flexibility index (Phi) is 12.7. The summed E-state index contributed by atoms with van der Waals surface area (Å²) in [4.78, 5) is 6.45. The number of allylic oxidation sites excluding steroid dienone is 1. The first-order valence-corrected chi connectivity index (χ1v) is 8.43. The Bertz CT molecular complexity index is 579. The average molecular weight is 477 g/mol. The van der Waals surface area contributed by atoms with E-state index in [1.54, 1.807) is 28.4 Å². The maximum absolute atomic E-state index is 5.52. The number of halogens is 1. The van der Waals surface area contributed by atoms with Crippen LogP contribution in [0.2, 0.25) is 0 Å². The van der Waals surface area contributed by atoms with Gasteiger partial charge < -0.3 is 24.4 Å². The Hall–Kier alpha value is -1.64. The lowest BCUT2D eigenvalue weighted by Crippen LogP contribution is -2.40. The molecule has 1 N–H and O–H groups in total. The molecule has 0 atom stereocenters. The first kappa shape index (κ1) is 24.4. The maximum atomic E-state index is 5.52. The molecule has 0 unspecified atom stereocenters. The lowest BCUT2D eigenvalue weighted by molar-refractivity contribution is 0.322. The van der Waals surface area contributed by atoms with Crippen molar-refractivity contribution in [3.8, 4) is 17.2 Å². The van der Waals surface area contributed by atoms with Crippen molar-refractivity contribution in [2.75, 3.05) is 48.5 Å². The van der Waals surface area contributed by atoms with Crippen molar-refractivity contribution in [3.05, 3.63) is 30.4 Å². The third-order valence-corrected chi connectivity index (χ3v) is 3.94. The molecule has 0 heterocycles. The maximum Gasteiger partial charge on any atom is 0.203 e. The zero-order chi connectivity index (χ0) is 18.7. The van der Waals surface area contributed by atoms with Gasteiger partial charge in [-0.3, -0.25) is 4.99 Å². The van der Waals surface area contributed by atoms with E-state index in [-0.39, 0.29) is 24.0 Å². The molecule has 0 saturated heterocycles. The molecule has 0 fully saturated rings. The van der Waals surface area contributed by atoms with E-state index in [1.807, 2.05) is 25.3 Å². The monoisotopic (exact) mass is 477 g/mol. The minimum Gasteiger partial charge on any atom is -0.493 e. The minimum atomic E-state index is 0. The third kappa shape index (κ3) is 6.93. The van der Waals surface area contributed by atoms with Gasteiger partial charge in [-0.15, -0.1) is 30.6 Å². The zero-order valence-corrected chi connectivity index (χ0v) is 18.8. The highest BCUT2D eigenvalue weighted by molar-refractivity contribution is 14.0. The molecule has 7 heteroatoms. The number of hydrogen-bond acceptors (Lipinski definition) is 4. The molecule has 0 amide bonds. The molecule has 1 rings (SSSR count). The fourth-order valence-electron chi connectivity index (χ4n) is 2.63. The van der Waals surface area contributed by atoms with E-state index >= 15 is 0 Å². The van der Waals surface area contributed by atoms with E-state index in [0.717, 1.165) is 43.9 Å². The van der Waals surface area contributed by atoms with Crippen LogP contribution in [0.15, 0.2) is 29.8 Å². The van der Waals surface area contributed by atoms with Crippen LogP contribution in [0.5, 0.6) is 17.2 Å². The molecule has 0 saturated carbocycles. The molecule has 0 radical (unpaired) electrons. The minimum absolute atomic E-state index is 0. The van der Waals surface area contributed by atoms with Gasteiger partial charge in [-0.2, -0.15) is 0 Å². The van der Waals surface area contributed by atoms with E-state index in [4.69, 9.17) is 14.2 Å². The van der Waals surface area contributed by atoms with Gasteiger partial charge in [0.15, 0.2) is 17.5 Å². The standard InChI is InChI=1S/C19H31N3O3.HI/c1-7-8-9-14-22(3)19(20-2)21-13-12-15-10-11-16(23-4)18(25-6)17(15)24-5;/h7,10-11H,1,8-9,12-14H2,2-6H3,(H,20,21);1H. The highest BCUT2D eigenvalue weighted by Gasteiger charge is 2.15. The number of methoxy groups -OCH3 is 3. The number of ether oxygens (including phenoxy) is 3. The summed E-state index contributed by atoms with van der Waals surface area (Å²) in [6.07, 6.45) is 4.78. The number of benzene rings is 1. The summed E-state index contributed by atoms with van der Waals surface area (Å²) in [5.74, 6) is 2.86. The fourth-order valence-corrected chi connectivity index (χ4v) is 2.63. The Morgan fingerprint density at radius 3 is 2.42 bits per heavy atom. The zero-order valence-electron chi connectivity index (χ0n) is 16.5. The second-order valence-electron chi connectivity index (χ2n) is 5.57. The SMILES string of the molecule is C=CCCCN(C)C(=NC)NCCc1ccc(OC)c(OC)c1OC.I. The van der Waals surface area contributed by atoms with Crippen LogP contribution in [0.1, 0.15) is 18.4 Å². The van der Waals surface area contributed by atoms with Crippen LogP contribution in [0, 0.1) is 0 Å². The molecule has 1 aromatic rings. The van der Waals surface area contributed by atoms with Crippen LogP contribution >= 0.6 is 24.0 Å². The van der Waals surface area contributed by atoms with Gasteiger partial charge in [0.05, 0.1) is 21.3 Å². The van der Waals surface area contributed by atoms with E-state index in [1.165, 1.54) is 0 Å². The molecule has 0 aliphatic carbocycles. The molecule has 0 spiro atoms. The van der Waals surface area contributed by atoms with Crippen molar-refractivity contribution >= 4 is 29.9 Å². The molecular weight excluding hydrogens is 445 g/mol. The second-order valence-corrected chi connectivity index (χ2v) is 5.57. The molecule has 0 aliphatic heterocycles. The van der Waals surface area contributed by atoms with Crippen molar-refractivity contribution in [2.45, 2.75) is 19.3 Å². The van der Waals surface area contributed by atoms with E-state index in [0.29, 0.717) is 17.2 Å². The number of hydrogen-bond donors (Lipinski definition) is 1. The number of nitrogens with zero attached hydrogens (tertiary/aromatic N) is 2. The van der Waals surface area contributed by atoms with E-state index in [2.05, 4.69) is 21.8 Å². The van der Waals surface area contributed by atoms with Crippen LogP contribution < -0.4 is 19.5 Å². The average Bonchev–Trinajstić information content (AvgIpc) is 2.64. The first-order chi connectivity index (χ1) is 12.1. The molecule has 0 bridgehead atoms. The first-order valence-electron chi connectivity index (χ1n) is 8.43. The van der Waals surface area contributed by atoms with Crippen molar-refractivity contribution in [2.24, 2.45) is 4.99 Å².